The maximum absolute atomic E-state index is 6.04. The van der Waals surface area contributed by atoms with E-state index in [4.69, 9.17) is 4.74 Å². The van der Waals surface area contributed by atoms with Crippen LogP contribution in [0.15, 0.2) is 48.0 Å². The number of ether oxygens (including phenoxy) is 1. The second-order valence-electron chi connectivity index (χ2n) is 9.23. The van der Waals surface area contributed by atoms with Gasteiger partial charge >= 0.3 is 0 Å². The van der Waals surface area contributed by atoms with Crippen molar-refractivity contribution < 1.29 is 7.59 Å². The molecular formula is C28H46N4OS. The maximum atomic E-state index is 6.04. The number of anilines is 1. The van der Waals surface area contributed by atoms with Crippen molar-refractivity contribution in [1.29, 1.82) is 0 Å². The first-order valence-electron chi connectivity index (χ1n) is 12.3. The molecule has 0 aliphatic carbocycles. The Kier molecular flexibility index (Phi) is 10.0. The molecule has 3 atom stereocenters. The van der Waals surface area contributed by atoms with Crippen molar-refractivity contribution in [3.05, 3.63) is 53.6 Å². The molecule has 0 saturated carbocycles. The molecule has 3 heterocycles. The van der Waals surface area contributed by atoms with E-state index in [1.807, 2.05) is 6.20 Å². The minimum Gasteiger partial charge on any atom is -0.347 e. The molecule has 1 aromatic heterocycles. The molecule has 2 bridgehead atoms. The van der Waals surface area contributed by atoms with Gasteiger partial charge in [0.25, 0.3) is 0 Å². The minimum atomic E-state index is 0. The van der Waals surface area contributed by atoms with Crippen LogP contribution in [0.5, 0.6) is 0 Å². The molecule has 190 valence electrons. The topological polar surface area (TPSA) is 49.4 Å². The molecule has 0 amide bonds. The summed E-state index contributed by atoms with van der Waals surface area (Å²) in [5.74, 6) is 0.841. The zero-order chi connectivity index (χ0) is 23.2. The Morgan fingerprint density at radius 3 is 2.74 bits per heavy atom. The first-order valence-corrected chi connectivity index (χ1v) is 13.1. The summed E-state index contributed by atoms with van der Waals surface area (Å²) in [6.07, 6.45) is 10.3. The lowest BCUT2D eigenvalue weighted by Crippen LogP contribution is -2.50. The lowest BCUT2D eigenvalue weighted by Gasteiger charge is -2.39. The average Bonchev–Trinajstić information content (AvgIpc) is 3.06. The van der Waals surface area contributed by atoms with Gasteiger partial charge in [0.1, 0.15) is 19.3 Å². The van der Waals surface area contributed by atoms with Crippen molar-refractivity contribution in [2.24, 2.45) is 0 Å². The summed E-state index contributed by atoms with van der Waals surface area (Å²) >= 11 is 1.71. The summed E-state index contributed by atoms with van der Waals surface area (Å²) in [6.45, 7) is 12.9. The number of hydrogen-bond acceptors (Lipinski definition) is 6. The van der Waals surface area contributed by atoms with E-state index in [9.17, 15) is 0 Å². The van der Waals surface area contributed by atoms with E-state index in [0.717, 1.165) is 33.6 Å². The molecule has 5 nitrogen and oxygen atoms in total. The summed E-state index contributed by atoms with van der Waals surface area (Å²) in [7, 11) is 0. The minimum absolute atomic E-state index is 0. The Morgan fingerprint density at radius 1 is 1.26 bits per heavy atom. The molecule has 6 heteroatoms. The van der Waals surface area contributed by atoms with E-state index in [1.165, 1.54) is 37.0 Å². The molecule has 4 rings (SSSR count). The van der Waals surface area contributed by atoms with Crippen molar-refractivity contribution in [3.63, 3.8) is 0 Å². The van der Waals surface area contributed by atoms with Crippen LogP contribution in [0, 0.1) is 0 Å². The van der Waals surface area contributed by atoms with Crippen molar-refractivity contribution in [2.45, 2.75) is 78.4 Å². The third-order valence-corrected chi connectivity index (χ3v) is 7.94. The lowest BCUT2D eigenvalue weighted by molar-refractivity contribution is -0.0142. The van der Waals surface area contributed by atoms with E-state index in [2.05, 4.69) is 78.2 Å². The van der Waals surface area contributed by atoms with Crippen LogP contribution in [0.2, 0.25) is 0 Å². The fourth-order valence-electron chi connectivity index (χ4n) is 5.00. The second-order valence-corrected chi connectivity index (χ2v) is 10.6. The first-order chi connectivity index (χ1) is 16.1. The molecule has 2 fully saturated rings. The Morgan fingerprint density at radius 2 is 2.03 bits per heavy atom. The van der Waals surface area contributed by atoms with Crippen molar-refractivity contribution in [3.8, 4) is 0 Å². The van der Waals surface area contributed by atoms with Crippen LogP contribution in [0.25, 0.3) is 15.7 Å². The summed E-state index contributed by atoms with van der Waals surface area (Å²) in [4.78, 5) is 9.44. The van der Waals surface area contributed by atoms with Crippen LogP contribution < -0.4 is 10.6 Å². The Hall–Kier alpha value is -1.86. The van der Waals surface area contributed by atoms with Crippen LogP contribution in [0.1, 0.15) is 68.7 Å². The monoisotopic (exact) mass is 486 g/mol. The number of fused-ring (bicyclic) bond motifs is 3. The SMILES string of the molecule is C.C=C(S/C(C)=C\C)c1ccc2cnc(NCOCN3[C@@H]4CC[C@H]3CC(NCCC)C4)cc2c1.[HH].[HH]. The Bertz CT molecular complexity index is 989. The smallest absolute Gasteiger partial charge is 0.128 e. The largest absolute Gasteiger partial charge is 0.347 e. The zero-order valence-corrected chi connectivity index (χ0v) is 21.1. The molecule has 2 aromatic rings. The molecule has 0 spiro atoms. The van der Waals surface area contributed by atoms with Crippen molar-refractivity contribution >= 4 is 33.3 Å². The molecule has 1 unspecified atom stereocenters. The number of piperidine rings is 1. The van der Waals surface area contributed by atoms with Crippen LogP contribution >= 0.6 is 11.8 Å². The molecule has 1 aromatic carbocycles. The van der Waals surface area contributed by atoms with Crippen LogP contribution in [0.4, 0.5) is 5.82 Å². The first kappa shape index (κ1) is 26.7. The van der Waals surface area contributed by atoms with Gasteiger partial charge in [-0.1, -0.05) is 50.9 Å². The predicted octanol–water partition coefficient (Wildman–Crippen LogP) is 7.33. The second kappa shape index (κ2) is 12.7. The number of nitrogens with one attached hydrogen (secondary N) is 2. The van der Waals surface area contributed by atoms with E-state index < -0.39 is 0 Å². The number of rotatable bonds is 11. The highest BCUT2D eigenvalue weighted by atomic mass is 32.2. The summed E-state index contributed by atoms with van der Waals surface area (Å²) in [5.41, 5.74) is 1.15. The third kappa shape index (κ3) is 6.63. The van der Waals surface area contributed by atoms with Gasteiger partial charge in [0.15, 0.2) is 0 Å². The van der Waals surface area contributed by atoms with Crippen molar-refractivity contribution in [1.82, 2.24) is 15.2 Å². The number of allylic oxidation sites excluding steroid dienone is 2. The van der Waals surface area contributed by atoms with Crippen LogP contribution in [0.3, 0.4) is 0 Å². The summed E-state index contributed by atoms with van der Waals surface area (Å²) in [6, 6.07) is 10.5. The van der Waals surface area contributed by atoms with E-state index in [1.54, 1.807) is 11.8 Å². The van der Waals surface area contributed by atoms with Gasteiger partial charge < -0.3 is 15.4 Å². The fraction of sp³-hybridized carbons (Fsp3) is 0.536. The summed E-state index contributed by atoms with van der Waals surface area (Å²) in [5, 5.41) is 9.35. The average molecular weight is 487 g/mol. The van der Waals surface area contributed by atoms with Gasteiger partial charge in [0, 0.05) is 37.5 Å². The van der Waals surface area contributed by atoms with Gasteiger partial charge in [0.05, 0.1) is 0 Å². The normalized spacial score (nSPS) is 22.6. The van der Waals surface area contributed by atoms with E-state index in [0.29, 0.717) is 31.6 Å². The Balaban J connectivity index is 0.00000216. The number of pyridine rings is 1. The number of benzene rings is 1. The molecule has 2 aliphatic rings. The highest BCUT2D eigenvalue weighted by Gasteiger charge is 2.40. The number of nitrogens with zero attached hydrogens (tertiary/aromatic N) is 2. The van der Waals surface area contributed by atoms with Crippen molar-refractivity contribution in [2.75, 3.05) is 25.3 Å². The number of hydrogen-bond donors (Lipinski definition) is 2. The highest BCUT2D eigenvalue weighted by molar-refractivity contribution is 8.11. The molecule has 2 N–H and O–H groups in total. The van der Waals surface area contributed by atoms with Gasteiger partial charge in [-0.05, 0) is 80.5 Å². The van der Waals surface area contributed by atoms with E-state index >= 15 is 0 Å². The number of aromatic nitrogens is 1. The van der Waals surface area contributed by atoms with E-state index in [-0.39, 0.29) is 10.3 Å². The maximum Gasteiger partial charge on any atom is 0.128 e. The van der Waals surface area contributed by atoms with Gasteiger partial charge in [-0.25, -0.2) is 4.98 Å². The van der Waals surface area contributed by atoms with Gasteiger partial charge in [0.2, 0.25) is 0 Å². The standard InChI is InChI=1S/C27H38N4OS.CH4.2H2/c1-5-11-28-24-14-25-9-10-26(15-24)31(25)18-32-17-30-27-13-23-12-21(7-8-22(23)16-29-27)20(4)33-19(3)6-2;;;/h6-8,12-13,16,24-26,28H,4-5,9-11,14-15,17-18H2,1-3H3,(H,29,30);1H4;2*1H/b19-6-;;;/t24?,25-,26+;;;. The third-order valence-electron chi connectivity index (χ3n) is 6.90. The Labute approximate surface area is 213 Å². The van der Waals surface area contributed by atoms with Crippen LogP contribution in [-0.4, -0.2) is 48.0 Å². The molecule has 2 saturated heterocycles. The highest BCUT2D eigenvalue weighted by Crippen LogP contribution is 2.36. The van der Waals surface area contributed by atoms with Crippen LogP contribution in [-0.2, 0) is 4.74 Å². The van der Waals surface area contributed by atoms with Gasteiger partial charge in [-0.15, -0.1) is 0 Å². The number of thioether (sulfide) groups is 1. The molecule has 34 heavy (non-hydrogen) atoms. The van der Waals surface area contributed by atoms with Gasteiger partial charge in [-0.2, -0.15) is 0 Å². The zero-order valence-electron chi connectivity index (χ0n) is 20.3. The molecule has 0 radical (unpaired) electrons. The quantitative estimate of drug-likeness (QED) is 0.256. The lowest BCUT2D eigenvalue weighted by atomic mass is 9.98. The molecular weight excluding hydrogens is 440 g/mol. The summed E-state index contributed by atoms with van der Waals surface area (Å²) < 4.78 is 6.04. The van der Waals surface area contributed by atoms with Gasteiger partial charge in [-0.3, -0.25) is 4.90 Å². The fourth-order valence-corrected chi connectivity index (χ4v) is 5.75. The predicted molar refractivity (Wildman–Crippen MR) is 153 cm³/mol. The molecule has 2 aliphatic heterocycles.